The number of aromatic nitrogens is 1. The second kappa shape index (κ2) is 6.85. The second-order valence-electron chi connectivity index (χ2n) is 4.10. The van der Waals surface area contributed by atoms with Crippen LogP contribution in [-0.4, -0.2) is 44.3 Å². The van der Waals surface area contributed by atoms with Gasteiger partial charge in [-0.3, -0.25) is 9.59 Å². The first-order valence-electron chi connectivity index (χ1n) is 5.87. The van der Waals surface area contributed by atoms with E-state index in [1.807, 2.05) is 0 Å². The largest absolute Gasteiger partial charge is 0.491 e. The Morgan fingerprint density at radius 1 is 1.40 bits per heavy atom. The van der Waals surface area contributed by atoms with Gasteiger partial charge >= 0.3 is 5.97 Å². The van der Waals surface area contributed by atoms with Gasteiger partial charge in [0.1, 0.15) is 0 Å². The third kappa shape index (κ3) is 3.05. The number of carbonyl (C=O) groups excluding carboxylic acids is 2. The van der Waals surface area contributed by atoms with E-state index < -0.39 is 11.4 Å². The molecule has 0 aromatic carbocycles. The number of pyridine rings is 1. The van der Waals surface area contributed by atoms with Crippen LogP contribution >= 0.6 is 0 Å². The molecule has 0 fully saturated rings. The number of ether oxygens (including phenoxy) is 3. The highest BCUT2D eigenvalue weighted by molar-refractivity contribution is 5.91. The van der Waals surface area contributed by atoms with Crippen LogP contribution in [0.15, 0.2) is 11.0 Å². The maximum atomic E-state index is 12.0. The van der Waals surface area contributed by atoms with Crippen molar-refractivity contribution in [3.05, 3.63) is 27.7 Å². The Hall–Kier alpha value is -2.15. The number of hydrogen-bond acceptors (Lipinski definition) is 6. The van der Waals surface area contributed by atoms with Crippen molar-refractivity contribution in [2.45, 2.75) is 19.6 Å². The molecule has 1 aromatic heterocycles. The summed E-state index contributed by atoms with van der Waals surface area (Å²) in [4.78, 5) is 34.8. The summed E-state index contributed by atoms with van der Waals surface area (Å²) in [6, 6.07) is 0. The van der Waals surface area contributed by atoms with E-state index in [-0.39, 0.29) is 29.7 Å². The second-order valence-corrected chi connectivity index (χ2v) is 4.10. The van der Waals surface area contributed by atoms with E-state index in [2.05, 4.69) is 4.74 Å². The van der Waals surface area contributed by atoms with E-state index in [1.54, 1.807) is 6.92 Å². The first-order valence-corrected chi connectivity index (χ1v) is 5.87. The van der Waals surface area contributed by atoms with Gasteiger partial charge in [-0.25, -0.2) is 4.79 Å². The first kappa shape index (κ1) is 15.9. The first-order chi connectivity index (χ1) is 9.49. The number of rotatable bonds is 6. The third-order valence-electron chi connectivity index (χ3n) is 2.83. The molecule has 1 aromatic rings. The zero-order valence-corrected chi connectivity index (χ0v) is 11.8. The molecule has 0 spiro atoms. The lowest BCUT2D eigenvalue weighted by molar-refractivity contribution is 0.0570. The summed E-state index contributed by atoms with van der Waals surface area (Å²) in [7, 11) is 3.97. The zero-order valence-electron chi connectivity index (χ0n) is 11.8. The highest BCUT2D eigenvalue weighted by Crippen LogP contribution is 2.16. The van der Waals surface area contributed by atoms with Crippen molar-refractivity contribution < 1.29 is 23.8 Å². The average Bonchev–Trinajstić information content (AvgIpc) is 2.47. The molecular weight excluding hydrogens is 266 g/mol. The Morgan fingerprint density at radius 2 is 2.05 bits per heavy atom. The molecule has 0 saturated carbocycles. The minimum atomic E-state index is -0.722. The van der Waals surface area contributed by atoms with Gasteiger partial charge in [-0.05, 0) is 6.92 Å². The standard InChI is InChI=1S/C13H17NO6/c1-8(18-2)5-14-6-9(7-15)11(16)12(19-3)10(14)13(17)20-4/h6-8H,5H2,1-4H3. The summed E-state index contributed by atoms with van der Waals surface area (Å²) in [6.07, 6.45) is 1.48. The SMILES string of the molecule is COC(=O)c1c(OC)c(=O)c(C=O)cn1CC(C)OC. The summed E-state index contributed by atoms with van der Waals surface area (Å²) in [6.45, 7) is 2.05. The average molecular weight is 283 g/mol. The van der Waals surface area contributed by atoms with Crippen LogP contribution in [0.1, 0.15) is 27.8 Å². The van der Waals surface area contributed by atoms with Gasteiger partial charge in [0.05, 0.1) is 25.9 Å². The topological polar surface area (TPSA) is 83.8 Å². The predicted octanol–water partition coefficient (Wildman–Crippen LogP) is 0.491. The van der Waals surface area contributed by atoms with Crippen molar-refractivity contribution in [2.24, 2.45) is 0 Å². The normalized spacial score (nSPS) is 11.8. The van der Waals surface area contributed by atoms with Crippen LogP contribution in [-0.2, 0) is 16.0 Å². The van der Waals surface area contributed by atoms with E-state index in [0.717, 1.165) is 0 Å². The van der Waals surface area contributed by atoms with Crippen molar-refractivity contribution in [3.63, 3.8) is 0 Å². The fourth-order valence-corrected chi connectivity index (χ4v) is 1.74. The van der Waals surface area contributed by atoms with Gasteiger partial charge in [0.25, 0.3) is 0 Å². The van der Waals surface area contributed by atoms with Crippen molar-refractivity contribution in [1.82, 2.24) is 4.57 Å². The molecule has 20 heavy (non-hydrogen) atoms. The molecule has 0 amide bonds. The highest BCUT2D eigenvalue weighted by atomic mass is 16.5. The molecule has 110 valence electrons. The van der Waals surface area contributed by atoms with Gasteiger partial charge in [-0.2, -0.15) is 0 Å². The number of nitrogens with zero attached hydrogens (tertiary/aromatic N) is 1. The van der Waals surface area contributed by atoms with Gasteiger partial charge in [0.2, 0.25) is 5.43 Å². The summed E-state index contributed by atoms with van der Waals surface area (Å²) < 4.78 is 16.2. The van der Waals surface area contributed by atoms with E-state index in [1.165, 1.54) is 32.1 Å². The Kier molecular flexibility index (Phi) is 5.45. The van der Waals surface area contributed by atoms with E-state index in [0.29, 0.717) is 6.29 Å². The summed E-state index contributed by atoms with van der Waals surface area (Å²) >= 11 is 0. The van der Waals surface area contributed by atoms with E-state index in [9.17, 15) is 14.4 Å². The minimum absolute atomic E-state index is 0.0468. The lowest BCUT2D eigenvalue weighted by Gasteiger charge is -2.18. The number of esters is 1. The Labute approximate surface area is 116 Å². The quantitative estimate of drug-likeness (QED) is 0.558. The summed E-state index contributed by atoms with van der Waals surface area (Å²) in [5.74, 6) is -0.940. The van der Waals surface area contributed by atoms with Gasteiger partial charge in [0.15, 0.2) is 17.7 Å². The molecule has 7 heteroatoms. The van der Waals surface area contributed by atoms with Gasteiger partial charge < -0.3 is 18.8 Å². The third-order valence-corrected chi connectivity index (χ3v) is 2.83. The lowest BCUT2D eigenvalue weighted by atomic mass is 10.2. The summed E-state index contributed by atoms with van der Waals surface area (Å²) in [5.41, 5.74) is -0.795. The minimum Gasteiger partial charge on any atom is -0.491 e. The zero-order chi connectivity index (χ0) is 15.3. The van der Waals surface area contributed by atoms with Crippen LogP contribution in [0, 0.1) is 0 Å². The molecule has 0 aliphatic carbocycles. The van der Waals surface area contributed by atoms with Crippen molar-refractivity contribution in [2.75, 3.05) is 21.3 Å². The maximum absolute atomic E-state index is 12.0. The molecule has 1 heterocycles. The van der Waals surface area contributed by atoms with Gasteiger partial charge in [-0.15, -0.1) is 0 Å². The Bertz CT molecular complexity index is 563. The van der Waals surface area contributed by atoms with Crippen LogP contribution in [0.3, 0.4) is 0 Å². The molecule has 1 unspecified atom stereocenters. The number of aldehydes is 1. The molecule has 0 bridgehead atoms. The predicted molar refractivity (Wildman–Crippen MR) is 70.5 cm³/mol. The maximum Gasteiger partial charge on any atom is 0.358 e. The summed E-state index contributed by atoms with van der Waals surface area (Å²) in [5, 5.41) is 0. The van der Waals surface area contributed by atoms with E-state index >= 15 is 0 Å². The molecule has 0 saturated heterocycles. The van der Waals surface area contributed by atoms with Crippen molar-refractivity contribution in [1.29, 1.82) is 0 Å². The molecule has 7 nitrogen and oxygen atoms in total. The Balaban J connectivity index is 3.56. The fourth-order valence-electron chi connectivity index (χ4n) is 1.74. The molecule has 1 atom stereocenters. The molecule has 1 rings (SSSR count). The van der Waals surface area contributed by atoms with E-state index in [4.69, 9.17) is 9.47 Å². The number of hydrogen-bond donors (Lipinski definition) is 0. The lowest BCUT2D eigenvalue weighted by Crippen LogP contribution is -2.27. The molecule has 0 radical (unpaired) electrons. The smallest absolute Gasteiger partial charge is 0.358 e. The highest BCUT2D eigenvalue weighted by Gasteiger charge is 2.23. The van der Waals surface area contributed by atoms with Crippen LogP contribution in [0.4, 0.5) is 0 Å². The molecular formula is C13H17NO6. The fraction of sp³-hybridized carbons (Fsp3) is 0.462. The Morgan fingerprint density at radius 3 is 2.50 bits per heavy atom. The van der Waals surface area contributed by atoms with Gasteiger partial charge in [-0.1, -0.05) is 0 Å². The van der Waals surface area contributed by atoms with Crippen LogP contribution in [0.5, 0.6) is 5.75 Å². The van der Waals surface area contributed by atoms with Gasteiger partial charge in [0, 0.05) is 19.9 Å². The number of carbonyl (C=O) groups is 2. The van der Waals surface area contributed by atoms with Crippen LogP contribution in [0.25, 0.3) is 0 Å². The molecule has 0 aliphatic heterocycles. The monoisotopic (exact) mass is 283 g/mol. The van der Waals surface area contributed by atoms with Crippen molar-refractivity contribution in [3.8, 4) is 5.75 Å². The van der Waals surface area contributed by atoms with Crippen LogP contribution in [0.2, 0.25) is 0 Å². The molecule has 0 N–H and O–H groups in total. The number of methoxy groups -OCH3 is 3. The molecule has 0 aliphatic rings. The van der Waals surface area contributed by atoms with Crippen LogP contribution < -0.4 is 10.2 Å². The van der Waals surface area contributed by atoms with Crippen molar-refractivity contribution >= 4 is 12.3 Å².